The zero-order chi connectivity index (χ0) is 16.0. The van der Waals surface area contributed by atoms with Crippen molar-refractivity contribution in [1.82, 2.24) is 19.5 Å². The van der Waals surface area contributed by atoms with Crippen molar-refractivity contribution >= 4 is 43.2 Å². The third-order valence-corrected chi connectivity index (χ3v) is 5.45. The predicted molar refractivity (Wildman–Crippen MR) is 97.2 cm³/mol. The minimum atomic E-state index is 0.647. The maximum atomic E-state index is 6.02. The highest BCUT2D eigenvalue weighted by atomic mass is 79.9. The molecular weight excluding hydrogens is 374 g/mol. The summed E-state index contributed by atoms with van der Waals surface area (Å²) in [6.07, 6.45) is 3.39. The Bertz CT molecular complexity index is 1010. The van der Waals surface area contributed by atoms with E-state index in [4.69, 9.17) is 10.7 Å². The Balaban J connectivity index is 1.99. The van der Waals surface area contributed by atoms with Crippen molar-refractivity contribution in [2.24, 2.45) is 7.05 Å². The molecule has 114 valence electrons. The lowest BCUT2D eigenvalue weighted by atomic mass is 10.1. The Morgan fingerprint density at radius 3 is 2.65 bits per heavy atom. The molecule has 5 nitrogen and oxygen atoms in total. The zero-order valence-corrected chi connectivity index (χ0v) is 14.6. The van der Waals surface area contributed by atoms with Crippen LogP contribution in [0.1, 0.15) is 0 Å². The molecule has 3 aromatic heterocycles. The molecule has 4 aromatic rings. The number of rotatable bonds is 2. The van der Waals surface area contributed by atoms with Gasteiger partial charge in [-0.25, -0.2) is 9.97 Å². The molecule has 4 rings (SSSR count). The van der Waals surface area contributed by atoms with Crippen LogP contribution in [0, 0.1) is 0 Å². The molecule has 0 radical (unpaired) electrons. The molecule has 0 atom stereocenters. The van der Waals surface area contributed by atoms with E-state index in [2.05, 4.69) is 25.9 Å². The number of aromatic nitrogens is 4. The van der Waals surface area contributed by atoms with Crippen molar-refractivity contribution in [1.29, 1.82) is 0 Å². The van der Waals surface area contributed by atoms with Crippen LogP contribution in [0.15, 0.2) is 47.5 Å². The van der Waals surface area contributed by atoms with Gasteiger partial charge < -0.3 is 10.3 Å². The van der Waals surface area contributed by atoms with E-state index in [9.17, 15) is 0 Å². The minimum absolute atomic E-state index is 0.647. The fraction of sp³-hybridized carbons (Fsp3) is 0.0625. The summed E-state index contributed by atoms with van der Waals surface area (Å²) in [5, 5.41) is 0.874. The van der Waals surface area contributed by atoms with Crippen LogP contribution in [-0.4, -0.2) is 19.5 Å². The number of imidazole rings is 1. The largest absolute Gasteiger partial charge is 0.396 e. The number of hydrogen-bond donors (Lipinski definition) is 1. The van der Waals surface area contributed by atoms with Crippen molar-refractivity contribution in [3.63, 3.8) is 0 Å². The maximum absolute atomic E-state index is 6.02. The molecule has 0 aliphatic rings. The van der Waals surface area contributed by atoms with Gasteiger partial charge in [0.1, 0.15) is 21.9 Å². The first-order valence-corrected chi connectivity index (χ1v) is 8.54. The summed E-state index contributed by atoms with van der Waals surface area (Å²) in [6, 6.07) is 10.1. The number of benzene rings is 1. The lowest BCUT2D eigenvalue weighted by molar-refractivity contribution is 0.888. The topological polar surface area (TPSA) is 69.6 Å². The fourth-order valence-electron chi connectivity index (χ4n) is 2.49. The SMILES string of the molecule is Cn1c(Br)nc(-c2ccccc2)c1-c1nc2cncc(N)c2s1. The van der Waals surface area contributed by atoms with Crippen molar-refractivity contribution in [2.75, 3.05) is 5.73 Å². The number of halogens is 1. The van der Waals surface area contributed by atoms with E-state index in [1.807, 2.05) is 41.9 Å². The zero-order valence-electron chi connectivity index (χ0n) is 12.2. The van der Waals surface area contributed by atoms with E-state index >= 15 is 0 Å². The summed E-state index contributed by atoms with van der Waals surface area (Å²) >= 11 is 5.07. The number of pyridine rings is 1. The smallest absolute Gasteiger partial charge is 0.177 e. The second kappa shape index (κ2) is 5.43. The van der Waals surface area contributed by atoms with Crippen LogP contribution < -0.4 is 5.73 Å². The van der Waals surface area contributed by atoms with Crippen molar-refractivity contribution in [2.45, 2.75) is 0 Å². The molecule has 0 fully saturated rings. The summed E-state index contributed by atoms with van der Waals surface area (Å²) in [7, 11) is 1.96. The average molecular weight is 386 g/mol. The van der Waals surface area contributed by atoms with E-state index in [0.717, 1.165) is 36.9 Å². The number of anilines is 1. The molecule has 3 heterocycles. The van der Waals surface area contributed by atoms with E-state index in [1.54, 1.807) is 23.7 Å². The third kappa shape index (κ3) is 2.32. The highest BCUT2D eigenvalue weighted by Crippen LogP contribution is 2.38. The summed E-state index contributed by atoms with van der Waals surface area (Å²) in [4.78, 5) is 13.5. The molecular formula is C16H12BrN5S. The predicted octanol–water partition coefficient (Wildman–Crippen LogP) is 4.10. The second-order valence-corrected chi connectivity index (χ2v) is 6.81. The van der Waals surface area contributed by atoms with E-state index in [1.165, 1.54) is 0 Å². The van der Waals surface area contributed by atoms with Gasteiger partial charge in [0.15, 0.2) is 4.73 Å². The Morgan fingerprint density at radius 2 is 1.91 bits per heavy atom. The van der Waals surface area contributed by atoms with Crippen LogP contribution in [0.4, 0.5) is 5.69 Å². The summed E-state index contributed by atoms with van der Waals surface area (Å²) in [5.74, 6) is 0. The molecule has 0 amide bonds. The van der Waals surface area contributed by atoms with Gasteiger partial charge in [-0.1, -0.05) is 30.3 Å². The van der Waals surface area contributed by atoms with Gasteiger partial charge in [0, 0.05) is 12.6 Å². The van der Waals surface area contributed by atoms with Crippen LogP contribution in [0.25, 0.3) is 32.2 Å². The Labute approximate surface area is 145 Å². The molecule has 0 saturated heterocycles. The number of nitrogens with zero attached hydrogens (tertiary/aromatic N) is 4. The van der Waals surface area contributed by atoms with Gasteiger partial charge in [-0.2, -0.15) is 0 Å². The molecule has 2 N–H and O–H groups in total. The van der Waals surface area contributed by atoms with Crippen molar-refractivity contribution in [3.8, 4) is 22.0 Å². The van der Waals surface area contributed by atoms with Crippen LogP contribution in [-0.2, 0) is 7.05 Å². The number of hydrogen-bond acceptors (Lipinski definition) is 5. The first-order valence-electron chi connectivity index (χ1n) is 6.93. The third-order valence-electron chi connectivity index (χ3n) is 3.62. The quantitative estimate of drug-likeness (QED) is 0.563. The van der Waals surface area contributed by atoms with Gasteiger partial charge >= 0.3 is 0 Å². The normalized spacial score (nSPS) is 11.2. The summed E-state index contributed by atoms with van der Waals surface area (Å²) < 4.78 is 3.70. The molecule has 0 aliphatic carbocycles. The number of fused-ring (bicyclic) bond motifs is 1. The lowest BCUT2D eigenvalue weighted by Gasteiger charge is -2.03. The number of nitrogen functional groups attached to an aromatic ring is 1. The minimum Gasteiger partial charge on any atom is -0.396 e. The highest BCUT2D eigenvalue weighted by molar-refractivity contribution is 9.10. The number of thiazole rings is 1. The Hall–Kier alpha value is -2.25. The average Bonchev–Trinajstić information content (AvgIpc) is 3.11. The van der Waals surface area contributed by atoms with Crippen LogP contribution >= 0.6 is 27.3 Å². The maximum Gasteiger partial charge on any atom is 0.177 e. The van der Waals surface area contributed by atoms with Crippen molar-refractivity contribution < 1.29 is 0 Å². The van der Waals surface area contributed by atoms with Crippen LogP contribution in [0.5, 0.6) is 0 Å². The van der Waals surface area contributed by atoms with Crippen LogP contribution in [0.2, 0.25) is 0 Å². The van der Waals surface area contributed by atoms with E-state index in [0.29, 0.717) is 5.69 Å². The van der Waals surface area contributed by atoms with Gasteiger partial charge in [0.25, 0.3) is 0 Å². The second-order valence-electron chi connectivity index (χ2n) is 5.10. The molecule has 0 aliphatic heterocycles. The monoisotopic (exact) mass is 385 g/mol. The van der Waals surface area contributed by atoms with Gasteiger partial charge in [-0.05, 0) is 15.9 Å². The van der Waals surface area contributed by atoms with Crippen molar-refractivity contribution in [3.05, 3.63) is 47.5 Å². The highest BCUT2D eigenvalue weighted by Gasteiger charge is 2.20. The lowest BCUT2D eigenvalue weighted by Crippen LogP contribution is -1.92. The molecule has 7 heteroatoms. The van der Waals surface area contributed by atoms with E-state index in [-0.39, 0.29) is 0 Å². The van der Waals surface area contributed by atoms with Gasteiger partial charge in [-0.3, -0.25) is 4.98 Å². The first-order chi connectivity index (χ1) is 11.1. The van der Waals surface area contributed by atoms with Gasteiger partial charge in [0.05, 0.1) is 22.8 Å². The molecule has 23 heavy (non-hydrogen) atoms. The summed E-state index contributed by atoms with van der Waals surface area (Å²) in [5.41, 5.74) is 10.4. The first kappa shape index (κ1) is 14.3. The fourth-order valence-corrected chi connectivity index (χ4v) is 3.88. The molecule has 0 saturated carbocycles. The molecule has 0 bridgehead atoms. The van der Waals surface area contributed by atoms with Gasteiger partial charge in [-0.15, -0.1) is 11.3 Å². The van der Waals surface area contributed by atoms with Crippen LogP contribution in [0.3, 0.4) is 0 Å². The molecule has 1 aromatic carbocycles. The van der Waals surface area contributed by atoms with Gasteiger partial charge in [0.2, 0.25) is 0 Å². The summed E-state index contributed by atoms with van der Waals surface area (Å²) in [6.45, 7) is 0. The standard InChI is InChI=1S/C16H12BrN5S/c1-22-13(12(21-16(22)17)9-5-3-2-4-6-9)15-20-11-8-19-7-10(18)14(11)23-15/h2-8H,18H2,1H3. The Kier molecular flexibility index (Phi) is 3.39. The molecule has 0 spiro atoms. The van der Waals surface area contributed by atoms with E-state index < -0.39 is 0 Å². The molecule has 0 unspecified atom stereocenters. The number of nitrogens with two attached hydrogens (primary N) is 1. The Morgan fingerprint density at radius 1 is 1.13 bits per heavy atom.